The summed E-state index contributed by atoms with van der Waals surface area (Å²) < 4.78 is 1.97. The minimum atomic E-state index is -0.750. The number of nitrogens with one attached hydrogen (secondary N) is 1. The number of aliphatic carboxylic acids is 1. The minimum Gasteiger partial charge on any atom is -0.480 e. The van der Waals surface area contributed by atoms with Gasteiger partial charge in [0.2, 0.25) is 0 Å². The molecule has 19 heavy (non-hydrogen) atoms. The van der Waals surface area contributed by atoms with Crippen LogP contribution in [0.15, 0.2) is 6.07 Å². The highest BCUT2D eigenvalue weighted by Gasteiger charge is 2.15. The lowest BCUT2D eigenvalue weighted by Crippen LogP contribution is -2.37. The predicted molar refractivity (Wildman–Crippen MR) is 75.3 cm³/mol. The number of carbonyl (C=O) groups is 1. The van der Waals surface area contributed by atoms with Crippen LogP contribution in [0.2, 0.25) is 0 Å². The maximum Gasteiger partial charge on any atom is 0.320 e. The topological polar surface area (TPSA) is 67.2 Å². The molecule has 0 aliphatic heterocycles. The molecule has 0 amide bonds. The molecule has 0 fully saturated rings. The molecule has 1 heterocycles. The van der Waals surface area contributed by atoms with Gasteiger partial charge in [0, 0.05) is 12.2 Å². The molecule has 0 aliphatic rings. The number of carboxylic acid groups (broad SMARTS) is 1. The molecule has 1 aromatic heterocycles. The van der Waals surface area contributed by atoms with Gasteiger partial charge in [-0.05, 0) is 39.3 Å². The van der Waals surface area contributed by atoms with Crippen molar-refractivity contribution in [3.8, 4) is 0 Å². The molecule has 0 radical (unpaired) electrons. The summed E-state index contributed by atoms with van der Waals surface area (Å²) >= 11 is 0. The Morgan fingerprint density at radius 2 is 2.21 bits per heavy atom. The molecule has 5 heteroatoms. The van der Waals surface area contributed by atoms with Gasteiger partial charge in [-0.1, -0.05) is 19.8 Å². The third kappa shape index (κ3) is 5.42. The van der Waals surface area contributed by atoms with Crippen molar-refractivity contribution in [3.05, 3.63) is 17.5 Å². The SMILES string of the molecule is CCCCC(NCCCn1nc(C)cc1C)C(=O)O. The van der Waals surface area contributed by atoms with E-state index in [1.54, 1.807) is 0 Å². The van der Waals surface area contributed by atoms with Crippen molar-refractivity contribution in [1.82, 2.24) is 15.1 Å². The van der Waals surface area contributed by atoms with Crippen molar-refractivity contribution < 1.29 is 9.90 Å². The van der Waals surface area contributed by atoms with E-state index in [1.807, 2.05) is 18.5 Å². The summed E-state index contributed by atoms with van der Waals surface area (Å²) in [7, 11) is 0. The number of unbranched alkanes of at least 4 members (excludes halogenated alkanes) is 1. The summed E-state index contributed by atoms with van der Waals surface area (Å²) in [6.07, 6.45) is 3.56. The first kappa shape index (κ1) is 15.7. The van der Waals surface area contributed by atoms with Crippen LogP contribution in [0.3, 0.4) is 0 Å². The van der Waals surface area contributed by atoms with Crippen LogP contribution in [-0.4, -0.2) is 33.4 Å². The lowest BCUT2D eigenvalue weighted by Gasteiger charge is -2.14. The standard InChI is InChI=1S/C14H25N3O2/c1-4-5-7-13(14(18)19)15-8-6-9-17-12(3)10-11(2)16-17/h10,13,15H,4-9H2,1-3H3,(H,18,19). The van der Waals surface area contributed by atoms with Crippen LogP contribution in [0.25, 0.3) is 0 Å². The first-order chi connectivity index (χ1) is 9.04. The minimum absolute atomic E-state index is 0.416. The Hall–Kier alpha value is -1.36. The van der Waals surface area contributed by atoms with Crippen LogP contribution >= 0.6 is 0 Å². The molecule has 1 unspecified atom stereocenters. The van der Waals surface area contributed by atoms with E-state index < -0.39 is 12.0 Å². The zero-order chi connectivity index (χ0) is 14.3. The van der Waals surface area contributed by atoms with Crippen LogP contribution in [0.1, 0.15) is 44.0 Å². The van der Waals surface area contributed by atoms with Gasteiger partial charge in [-0.3, -0.25) is 9.48 Å². The van der Waals surface area contributed by atoms with E-state index in [2.05, 4.69) is 23.4 Å². The Kier molecular flexibility index (Phi) is 6.56. The van der Waals surface area contributed by atoms with Gasteiger partial charge in [-0.25, -0.2) is 0 Å². The van der Waals surface area contributed by atoms with Crippen molar-refractivity contribution >= 4 is 5.97 Å². The van der Waals surface area contributed by atoms with E-state index in [0.29, 0.717) is 13.0 Å². The van der Waals surface area contributed by atoms with Crippen LogP contribution in [0, 0.1) is 13.8 Å². The number of rotatable bonds is 9. The molecule has 5 nitrogen and oxygen atoms in total. The summed E-state index contributed by atoms with van der Waals surface area (Å²) in [4.78, 5) is 11.0. The highest BCUT2D eigenvalue weighted by molar-refractivity contribution is 5.73. The van der Waals surface area contributed by atoms with Crippen LogP contribution in [0.5, 0.6) is 0 Å². The monoisotopic (exact) mass is 267 g/mol. The molecule has 0 bridgehead atoms. The highest BCUT2D eigenvalue weighted by Crippen LogP contribution is 2.03. The largest absolute Gasteiger partial charge is 0.480 e. The van der Waals surface area contributed by atoms with E-state index in [0.717, 1.165) is 37.2 Å². The maximum absolute atomic E-state index is 11.0. The zero-order valence-corrected chi connectivity index (χ0v) is 12.1. The average Bonchev–Trinajstić information content (AvgIpc) is 2.66. The second-order valence-corrected chi connectivity index (χ2v) is 4.99. The second kappa shape index (κ2) is 7.94. The molecule has 0 spiro atoms. The summed E-state index contributed by atoms with van der Waals surface area (Å²) in [6, 6.07) is 1.63. The van der Waals surface area contributed by atoms with Gasteiger partial charge in [0.05, 0.1) is 5.69 Å². The van der Waals surface area contributed by atoms with Gasteiger partial charge in [0.25, 0.3) is 0 Å². The maximum atomic E-state index is 11.0. The molecule has 0 aliphatic carbocycles. The quantitative estimate of drug-likeness (QED) is 0.673. The van der Waals surface area contributed by atoms with Gasteiger partial charge in [-0.2, -0.15) is 5.10 Å². The number of hydrogen-bond acceptors (Lipinski definition) is 3. The van der Waals surface area contributed by atoms with Gasteiger partial charge < -0.3 is 10.4 Å². The molecule has 1 aromatic rings. The number of nitrogens with zero attached hydrogens (tertiary/aromatic N) is 2. The summed E-state index contributed by atoms with van der Waals surface area (Å²) in [5.74, 6) is -0.750. The fourth-order valence-electron chi connectivity index (χ4n) is 2.13. The van der Waals surface area contributed by atoms with Crippen molar-refractivity contribution in [2.24, 2.45) is 0 Å². The van der Waals surface area contributed by atoms with Crippen molar-refractivity contribution in [1.29, 1.82) is 0 Å². The van der Waals surface area contributed by atoms with Gasteiger partial charge in [0.15, 0.2) is 0 Å². The molecule has 0 saturated heterocycles. The third-order valence-corrected chi connectivity index (χ3v) is 3.19. The van der Waals surface area contributed by atoms with Gasteiger partial charge in [0.1, 0.15) is 6.04 Å². The molecule has 0 saturated carbocycles. The lowest BCUT2D eigenvalue weighted by atomic mass is 10.1. The highest BCUT2D eigenvalue weighted by atomic mass is 16.4. The zero-order valence-electron chi connectivity index (χ0n) is 12.1. The smallest absolute Gasteiger partial charge is 0.320 e. The molecular formula is C14H25N3O2. The van der Waals surface area contributed by atoms with E-state index in [-0.39, 0.29) is 0 Å². The molecular weight excluding hydrogens is 242 g/mol. The van der Waals surface area contributed by atoms with E-state index >= 15 is 0 Å². The van der Waals surface area contributed by atoms with E-state index in [9.17, 15) is 4.79 Å². The van der Waals surface area contributed by atoms with Crippen molar-refractivity contribution in [3.63, 3.8) is 0 Å². The van der Waals surface area contributed by atoms with Crippen LogP contribution < -0.4 is 5.32 Å². The fraction of sp³-hybridized carbons (Fsp3) is 0.714. The summed E-state index contributed by atoms with van der Waals surface area (Å²) in [5, 5.41) is 16.6. The third-order valence-electron chi connectivity index (χ3n) is 3.19. The number of aromatic nitrogens is 2. The Bertz CT molecular complexity index is 401. The lowest BCUT2D eigenvalue weighted by molar-refractivity contribution is -0.139. The first-order valence-electron chi connectivity index (χ1n) is 7.01. The van der Waals surface area contributed by atoms with Crippen LogP contribution in [0.4, 0.5) is 0 Å². The Morgan fingerprint density at radius 3 is 2.74 bits per heavy atom. The van der Waals surface area contributed by atoms with E-state index in [1.165, 1.54) is 0 Å². The first-order valence-corrected chi connectivity index (χ1v) is 7.01. The Labute approximate surface area is 115 Å². The Balaban J connectivity index is 2.28. The summed E-state index contributed by atoms with van der Waals surface area (Å²) in [5.41, 5.74) is 2.18. The number of hydrogen-bond donors (Lipinski definition) is 2. The number of carboxylic acids is 1. The molecule has 0 aromatic carbocycles. The van der Waals surface area contributed by atoms with Crippen LogP contribution in [-0.2, 0) is 11.3 Å². The van der Waals surface area contributed by atoms with Gasteiger partial charge in [-0.15, -0.1) is 0 Å². The molecule has 1 atom stereocenters. The molecule has 1 rings (SSSR count). The van der Waals surface area contributed by atoms with E-state index in [4.69, 9.17) is 5.11 Å². The second-order valence-electron chi connectivity index (χ2n) is 4.99. The fourth-order valence-corrected chi connectivity index (χ4v) is 2.13. The normalized spacial score (nSPS) is 12.6. The summed E-state index contributed by atoms with van der Waals surface area (Å²) in [6.45, 7) is 7.62. The predicted octanol–water partition coefficient (Wildman–Crippen LogP) is 2.12. The average molecular weight is 267 g/mol. The Morgan fingerprint density at radius 1 is 1.47 bits per heavy atom. The van der Waals surface area contributed by atoms with Gasteiger partial charge >= 0.3 is 5.97 Å². The van der Waals surface area contributed by atoms with Crippen molar-refractivity contribution in [2.45, 2.75) is 59.0 Å². The molecule has 2 N–H and O–H groups in total. The molecule has 108 valence electrons. The van der Waals surface area contributed by atoms with Crippen molar-refractivity contribution in [2.75, 3.05) is 6.54 Å². The number of aryl methyl sites for hydroxylation is 3.